The van der Waals surface area contributed by atoms with Crippen molar-refractivity contribution in [1.82, 2.24) is 4.90 Å². The van der Waals surface area contributed by atoms with Gasteiger partial charge in [0, 0.05) is 12.1 Å². The van der Waals surface area contributed by atoms with E-state index < -0.39 is 5.60 Å². The lowest BCUT2D eigenvalue weighted by atomic mass is 9.86. The molecule has 1 aromatic rings. The summed E-state index contributed by atoms with van der Waals surface area (Å²) in [5.74, 6) is 0.548. The van der Waals surface area contributed by atoms with E-state index in [0.29, 0.717) is 11.6 Å². The third-order valence-electron chi connectivity index (χ3n) is 5.04. The smallest absolute Gasteiger partial charge is 0.410 e. The molecule has 2 atom stereocenters. The molecule has 3 rings (SSSR count). The fraction of sp³-hybridized carbons (Fsp3) is 0.600. The molecule has 1 amide bonds. The first-order valence-electron chi connectivity index (χ1n) is 9.04. The van der Waals surface area contributed by atoms with E-state index in [4.69, 9.17) is 4.74 Å². The van der Waals surface area contributed by atoms with E-state index in [2.05, 4.69) is 11.1 Å². The van der Waals surface area contributed by atoms with E-state index >= 15 is 0 Å². The monoisotopic (exact) mass is 342 g/mol. The number of nitrogens with zero attached hydrogens (tertiary/aromatic N) is 2. The van der Waals surface area contributed by atoms with Gasteiger partial charge in [0.15, 0.2) is 0 Å². The predicted octanol–water partition coefficient (Wildman–Crippen LogP) is 4.37. The van der Waals surface area contributed by atoms with E-state index in [1.807, 2.05) is 43.9 Å². The van der Waals surface area contributed by atoms with Crippen molar-refractivity contribution in [3.8, 4) is 0 Å². The summed E-state index contributed by atoms with van der Waals surface area (Å²) in [4.78, 5) is 28.6. The van der Waals surface area contributed by atoms with Crippen LogP contribution in [0.15, 0.2) is 29.3 Å². The van der Waals surface area contributed by atoms with Crippen molar-refractivity contribution in [3.63, 3.8) is 0 Å². The third kappa shape index (κ3) is 4.29. The summed E-state index contributed by atoms with van der Waals surface area (Å²) >= 11 is 0. The lowest BCUT2D eigenvalue weighted by Crippen LogP contribution is -2.48. The van der Waals surface area contributed by atoms with Crippen LogP contribution >= 0.6 is 0 Å². The van der Waals surface area contributed by atoms with Crippen molar-refractivity contribution in [3.05, 3.63) is 29.8 Å². The Morgan fingerprint density at radius 1 is 1.28 bits per heavy atom. The van der Waals surface area contributed by atoms with Crippen LogP contribution in [0, 0.1) is 5.92 Å². The van der Waals surface area contributed by atoms with E-state index in [0.717, 1.165) is 32.1 Å². The van der Waals surface area contributed by atoms with Crippen LogP contribution < -0.4 is 0 Å². The molecule has 1 aromatic carbocycles. The van der Waals surface area contributed by atoms with Crippen molar-refractivity contribution in [2.24, 2.45) is 10.9 Å². The number of rotatable bonds is 3. The first-order chi connectivity index (χ1) is 11.9. The van der Waals surface area contributed by atoms with Crippen LogP contribution in [-0.2, 0) is 16.0 Å². The molecule has 2 aliphatic heterocycles. The number of fused-ring (bicyclic) bond motifs is 2. The van der Waals surface area contributed by atoms with Gasteiger partial charge in [0.05, 0.1) is 5.69 Å². The van der Waals surface area contributed by atoms with Gasteiger partial charge in [-0.05, 0) is 76.5 Å². The first-order valence-corrected chi connectivity index (χ1v) is 9.04. The Bertz CT molecular complexity index is 674. The van der Waals surface area contributed by atoms with Crippen LogP contribution in [0.4, 0.5) is 10.5 Å². The van der Waals surface area contributed by atoms with Gasteiger partial charge in [-0.15, -0.1) is 0 Å². The highest BCUT2D eigenvalue weighted by atomic mass is 16.6. The summed E-state index contributed by atoms with van der Waals surface area (Å²) in [6, 6.07) is 8.34. The molecule has 134 valence electrons. The molecule has 2 unspecified atom stereocenters. The Morgan fingerprint density at radius 2 is 1.96 bits per heavy atom. The number of carbonyl (C=O) groups excluding carboxylic acids is 2. The van der Waals surface area contributed by atoms with E-state index in [-0.39, 0.29) is 18.2 Å². The largest absolute Gasteiger partial charge is 0.444 e. The zero-order chi connectivity index (χ0) is 18.0. The molecule has 2 heterocycles. The number of aliphatic imine (C=N–C) groups is 1. The van der Waals surface area contributed by atoms with E-state index in [1.165, 1.54) is 5.56 Å². The fourth-order valence-electron chi connectivity index (χ4n) is 4.21. The molecule has 2 aliphatic rings. The molecule has 0 aliphatic carbocycles. The standard InChI is InChI=1S/C20H26N2O3/c1-20(2,3)25-19(24)22-17-7-8-18(22)12-15(11-17)9-14-5-4-6-16(10-14)21-13-23/h4-6,10,15,17-18H,7-9,11-12H2,1-3H3. The average Bonchev–Trinajstić information content (AvgIpc) is 2.78. The maximum atomic E-state index is 12.5. The van der Waals surface area contributed by atoms with Gasteiger partial charge >= 0.3 is 6.09 Å². The summed E-state index contributed by atoms with van der Waals surface area (Å²) in [5.41, 5.74) is 1.39. The van der Waals surface area contributed by atoms with E-state index in [9.17, 15) is 9.59 Å². The molecule has 2 bridgehead atoms. The number of benzene rings is 1. The summed E-state index contributed by atoms with van der Waals surface area (Å²) in [6.45, 7) is 5.73. The van der Waals surface area contributed by atoms with Crippen molar-refractivity contribution in [2.45, 2.75) is 70.6 Å². The molecule has 5 nitrogen and oxygen atoms in total. The number of amides is 1. The molecule has 2 fully saturated rings. The van der Waals surface area contributed by atoms with Gasteiger partial charge in [-0.3, -0.25) is 0 Å². The molecule has 0 aromatic heterocycles. The van der Waals surface area contributed by atoms with Crippen molar-refractivity contribution >= 4 is 17.9 Å². The number of piperidine rings is 1. The molecular weight excluding hydrogens is 316 g/mol. The molecule has 5 heteroatoms. The van der Waals surface area contributed by atoms with Gasteiger partial charge in [0.2, 0.25) is 6.08 Å². The van der Waals surface area contributed by atoms with Crippen molar-refractivity contribution in [2.75, 3.05) is 0 Å². The third-order valence-corrected chi connectivity index (χ3v) is 5.04. The van der Waals surface area contributed by atoms with Crippen molar-refractivity contribution < 1.29 is 14.3 Å². The van der Waals surface area contributed by atoms with Crippen molar-refractivity contribution in [1.29, 1.82) is 0 Å². The van der Waals surface area contributed by atoms with Gasteiger partial charge in [-0.25, -0.2) is 9.59 Å². The van der Waals surface area contributed by atoms with Gasteiger partial charge in [0.25, 0.3) is 0 Å². The van der Waals surface area contributed by atoms with Gasteiger partial charge in [-0.2, -0.15) is 4.99 Å². The maximum Gasteiger partial charge on any atom is 0.410 e. The van der Waals surface area contributed by atoms with Crippen LogP contribution in [0.2, 0.25) is 0 Å². The zero-order valence-corrected chi connectivity index (χ0v) is 15.2. The van der Waals surface area contributed by atoms with Crippen LogP contribution in [0.25, 0.3) is 0 Å². The topological polar surface area (TPSA) is 59.0 Å². The summed E-state index contributed by atoms with van der Waals surface area (Å²) in [5, 5.41) is 0. The Labute approximate surface area is 149 Å². The number of ether oxygens (including phenoxy) is 1. The molecule has 25 heavy (non-hydrogen) atoms. The lowest BCUT2D eigenvalue weighted by Gasteiger charge is -2.39. The minimum Gasteiger partial charge on any atom is -0.444 e. The lowest BCUT2D eigenvalue weighted by molar-refractivity contribution is 0.00216. The highest BCUT2D eigenvalue weighted by molar-refractivity contribution is 5.69. The molecule has 0 spiro atoms. The second-order valence-corrected chi connectivity index (χ2v) is 8.19. The first kappa shape index (κ1) is 17.7. The summed E-state index contributed by atoms with van der Waals surface area (Å²) < 4.78 is 5.59. The highest BCUT2D eigenvalue weighted by Crippen LogP contribution is 2.40. The molecule has 0 radical (unpaired) electrons. The van der Waals surface area contributed by atoms with Gasteiger partial charge in [-0.1, -0.05) is 12.1 Å². The minimum atomic E-state index is -0.451. The Balaban J connectivity index is 1.65. The molecule has 2 saturated heterocycles. The molecule has 0 N–H and O–H groups in total. The van der Waals surface area contributed by atoms with Crippen LogP contribution in [0.5, 0.6) is 0 Å². The Morgan fingerprint density at radius 3 is 2.56 bits per heavy atom. The van der Waals surface area contributed by atoms with Gasteiger partial charge in [0.1, 0.15) is 5.60 Å². The predicted molar refractivity (Wildman–Crippen MR) is 95.5 cm³/mol. The highest BCUT2D eigenvalue weighted by Gasteiger charge is 2.44. The zero-order valence-electron chi connectivity index (χ0n) is 15.2. The SMILES string of the molecule is CC(C)(C)OC(=O)N1C2CCC1CC(Cc1cccc(N=C=O)c1)C2. The summed E-state index contributed by atoms with van der Waals surface area (Å²) in [7, 11) is 0. The molecule has 0 saturated carbocycles. The molecular formula is C20H26N2O3. The number of carbonyl (C=O) groups is 1. The number of hydrogen-bond donors (Lipinski definition) is 0. The number of isocyanates is 1. The maximum absolute atomic E-state index is 12.5. The fourth-order valence-corrected chi connectivity index (χ4v) is 4.21. The van der Waals surface area contributed by atoms with Crippen LogP contribution in [0.3, 0.4) is 0 Å². The Hall–Kier alpha value is -2.13. The number of hydrogen-bond acceptors (Lipinski definition) is 4. The average molecular weight is 342 g/mol. The second-order valence-electron chi connectivity index (χ2n) is 8.19. The van der Waals surface area contributed by atoms with Crippen LogP contribution in [0.1, 0.15) is 52.0 Å². The second kappa shape index (κ2) is 7.01. The van der Waals surface area contributed by atoms with E-state index in [1.54, 1.807) is 6.08 Å². The van der Waals surface area contributed by atoms with Crippen LogP contribution in [-0.4, -0.2) is 34.8 Å². The Kier molecular flexibility index (Phi) is 4.96. The summed E-state index contributed by atoms with van der Waals surface area (Å²) in [6.07, 6.45) is 6.53. The normalized spacial score (nSPS) is 25.4. The van der Waals surface area contributed by atoms with Gasteiger partial charge < -0.3 is 9.64 Å². The quantitative estimate of drug-likeness (QED) is 0.605. The minimum absolute atomic E-state index is 0.166.